The smallest absolute Gasteiger partial charge is 0.338 e. The summed E-state index contributed by atoms with van der Waals surface area (Å²) in [6.45, 7) is 8.73. The maximum atomic E-state index is 13.0. The molecule has 0 spiro atoms. The van der Waals surface area contributed by atoms with Crippen molar-refractivity contribution in [3.63, 3.8) is 0 Å². The molecule has 2 aromatic heterocycles. The Hall–Kier alpha value is -4.22. The van der Waals surface area contributed by atoms with Crippen molar-refractivity contribution in [2.24, 2.45) is 5.92 Å². The highest BCUT2D eigenvalue weighted by atomic mass is 16.7. The molecule has 3 aromatic rings. The molecule has 0 saturated carbocycles. The van der Waals surface area contributed by atoms with Crippen LogP contribution in [0, 0.1) is 5.92 Å². The van der Waals surface area contributed by atoms with Crippen molar-refractivity contribution in [3.05, 3.63) is 48.5 Å². The molecule has 2 amide bonds. The maximum Gasteiger partial charge on any atom is 0.338 e. The Morgan fingerprint density at radius 2 is 1.64 bits per heavy atom. The van der Waals surface area contributed by atoms with E-state index in [-0.39, 0.29) is 35.8 Å². The molecule has 16 heteroatoms. The number of unbranched alkanes of at least 4 members (excludes halogenated alkanes) is 4. The molecule has 2 aliphatic rings. The number of aromatic nitrogens is 4. The van der Waals surface area contributed by atoms with E-state index in [4.69, 9.17) is 29.4 Å². The number of aliphatic hydroxyl groups is 1. The number of anilines is 1. The lowest BCUT2D eigenvalue weighted by molar-refractivity contribution is -0.249. The quantitative estimate of drug-likeness (QED) is 0.0953. The van der Waals surface area contributed by atoms with E-state index < -0.39 is 42.8 Å². The van der Waals surface area contributed by atoms with Crippen LogP contribution in [-0.2, 0) is 33.3 Å². The number of amides is 2. The van der Waals surface area contributed by atoms with E-state index in [1.54, 1.807) is 35.2 Å². The minimum absolute atomic E-state index is 0.0173. The molecular weight excluding hydrogens is 710 g/mol. The van der Waals surface area contributed by atoms with Crippen LogP contribution in [0.3, 0.4) is 0 Å². The molecule has 2 aliphatic heterocycles. The van der Waals surface area contributed by atoms with Crippen LogP contribution in [-0.4, -0.2) is 105 Å². The first-order valence-electron chi connectivity index (χ1n) is 19.6. The molecule has 1 aromatic carbocycles. The molecule has 5 N–H and O–H groups in total. The minimum Gasteiger partial charge on any atom is -0.456 e. The van der Waals surface area contributed by atoms with Crippen LogP contribution < -0.4 is 16.4 Å². The van der Waals surface area contributed by atoms with Gasteiger partial charge in [0.1, 0.15) is 36.2 Å². The molecule has 4 heterocycles. The number of hydrogen-bond acceptors (Lipinski definition) is 13. The third-order valence-electron chi connectivity index (χ3n) is 10.2. The number of ether oxygens (including phenoxy) is 5. The number of esters is 1. The highest BCUT2D eigenvalue weighted by Crippen LogP contribution is 2.35. The summed E-state index contributed by atoms with van der Waals surface area (Å²) in [5.41, 5.74) is 7.30. The van der Waals surface area contributed by atoms with Gasteiger partial charge in [0.25, 0.3) is 0 Å². The number of rotatable bonds is 20. The molecule has 2 fully saturated rings. The van der Waals surface area contributed by atoms with Crippen LogP contribution in [0.1, 0.15) is 102 Å². The third kappa shape index (κ3) is 11.0. The van der Waals surface area contributed by atoms with Crippen LogP contribution >= 0.6 is 0 Å². The van der Waals surface area contributed by atoms with Gasteiger partial charge in [0.05, 0.1) is 24.1 Å². The summed E-state index contributed by atoms with van der Waals surface area (Å²) in [5.74, 6) is -0.679. The SMILES string of the molecule is CC[C@H]1O[C@@H](OCCCCC(=O)NCCCCCCO[C@@H]2C(O)[C@H](n3cnc4c(N)ncnc43)O[C@@H]2CC)[C@H](NC(C)=O)[C@@H](OC(=O)c2ccccc2)[C@H]1C. The third-order valence-corrected chi connectivity index (χ3v) is 10.2. The van der Waals surface area contributed by atoms with Gasteiger partial charge in [-0.3, -0.25) is 14.2 Å². The number of fused-ring (bicyclic) bond motifs is 1. The summed E-state index contributed by atoms with van der Waals surface area (Å²) >= 11 is 0. The lowest BCUT2D eigenvalue weighted by atomic mass is 9.87. The fourth-order valence-electron chi connectivity index (χ4n) is 7.26. The van der Waals surface area contributed by atoms with Crippen molar-refractivity contribution < 1.29 is 43.2 Å². The number of nitrogens with zero attached hydrogens (tertiary/aromatic N) is 4. The van der Waals surface area contributed by atoms with Crippen LogP contribution in [0.15, 0.2) is 43.0 Å². The van der Waals surface area contributed by atoms with Gasteiger partial charge in [-0.25, -0.2) is 19.7 Å². The topological polar surface area (TPSA) is 211 Å². The Morgan fingerprint density at radius 1 is 0.909 bits per heavy atom. The number of nitrogens with two attached hydrogens (primary N) is 1. The summed E-state index contributed by atoms with van der Waals surface area (Å²) < 4.78 is 32.3. The van der Waals surface area contributed by atoms with Crippen LogP contribution in [0.2, 0.25) is 0 Å². The Balaban J connectivity index is 0.954. The van der Waals surface area contributed by atoms with E-state index in [1.807, 2.05) is 26.8 Å². The Bertz CT molecular complexity index is 1680. The zero-order valence-corrected chi connectivity index (χ0v) is 32.3. The number of nitrogen functional groups attached to an aromatic ring is 1. The van der Waals surface area contributed by atoms with Gasteiger partial charge in [-0.2, -0.15) is 0 Å². The van der Waals surface area contributed by atoms with Crippen molar-refractivity contribution >= 4 is 34.8 Å². The lowest BCUT2D eigenvalue weighted by Gasteiger charge is -2.45. The Morgan fingerprint density at radius 3 is 2.38 bits per heavy atom. The van der Waals surface area contributed by atoms with E-state index in [1.165, 1.54) is 13.3 Å². The zero-order valence-electron chi connectivity index (χ0n) is 32.3. The van der Waals surface area contributed by atoms with Crippen LogP contribution in [0.5, 0.6) is 0 Å². The fourth-order valence-corrected chi connectivity index (χ4v) is 7.26. The summed E-state index contributed by atoms with van der Waals surface area (Å²) in [6.07, 6.45) is 5.34. The molecular formula is C39H57N7O9. The standard InChI is InChI=1S/C39H57N7O9/c1-5-27-24(3)33(55-38(50)26-16-10-9-11-17-26)30(45-25(4)47)39(54-27)52-21-15-12-18-29(48)41-19-13-7-8-14-20-51-34-28(6-2)53-37(32(34)49)46-23-44-31-35(40)42-22-43-36(31)46/h9-11,16-17,22-24,27-28,30,32-34,37,39,49H,5-8,12-15,18-21H2,1-4H3,(H,41,48)(H,45,47)(H2,40,42,43)/t24-,27+,28+,30+,32?,33-,34-,37+,39+/m0/s1. The van der Waals surface area contributed by atoms with Crippen molar-refractivity contribution in [1.82, 2.24) is 30.2 Å². The Labute approximate surface area is 322 Å². The average molecular weight is 768 g/mol. The van der Waals surface area contributed by atoms with Crippen molar-refractivity contribution in [3.8, 4) is 0 Å². The van der Waals surface area contributed by atoms with Gasteiger partial charge in [0.15, 0.2) is 24.0 Å². The molecule has 0 aliphatic carbocycles. The normalized spacial score (nSPS) is 26.5. The molecule has 5 rings (SSSR count). The monoisotopic (exact) mass is 767 g/mol. The van der Waals surface area contributed by atoms with E-state index >= 15 is 0 Å². The molecule has 16 nitrogen and oxygen atoms in total. The number of nitrogens with one attached hydrogen (secondary N) is 2. The molecule has 0 radical (unpaired) electrons. The van der Waals surface area contributed by atoms with Gasteiger partial charge >= 0.3 is 5.97 Å². The van der Waals surface area contributed by atoms with Gasteiger partial charge in [0, 0.05) is 39.0 Å². The molecule has 0 bridgehead atoms. The number of hydrogen-bond donors (Lipinski definition) is 4. The summed E-state index contributed by atoms with van der Waals surface area (Å²) in [4.78, 5) is 50.2. The number of aliphatic hydroxyl groups excluding tert-OH is 1. The van der Waals surface area contributed by atoms with Crippen LogP contribution in [0.25, 0.3) is 11.2 Å². The van der Waals surface area contributed by atoms with E-state index in [2.05, 4.69) is 25.6 Å². The number of imidazole rings is 1. The van der Waals surface area contributed by atoms with Gasteiger partial charge in [0.2, 0.25) is 11.8 Å². The highest BCUT2D eigenvalue weighted by Gasteiger charge is 2.47. The average Bonchev–Trinajstić information content (AvgIpc) is 3.75. The number of carbonyl (C=O) groups excluding carboxylic acids is 3. The summed E-state index contributed by atoms with van der Waals surface area (Å²) in [5, 5.41) is 17.0. The van der Waals surface area contributed by atoms with Crippen molar-refractivity contribution in [1.29, 1.82) is 0 Å². The fraction of sp³-hybridized carbons (Fsp3) is 0.641. The molecule has 2 saturated heterocycles. The molecule has 302 valence electrons. The second kappa shape index (κ2) is 20.6. The second-order valence-electron chi connectivity index (χ2n) is 14.2. The predicted molar refractivity (Wildman–Crippen MR) is 202 cm³/mol. The van der Waals surface area contributed by atoms with Gasteiger partial charge in [-0.15, -0.1) is 0 Å². The molecule has 55 heavy (non-hydrogen) atoms. The van der Waals surface area contributed by atoms with Gasteiger partial charge in [-0.1, -0.05) is 51.8 Å². The summed E-state index contributed by atoms with van der Waals surface area (Å²) in [6, 6.07) is 8.06. The second-order valence-corrected chi connectivity index (χ2v) is 14.2. The van der Waals surface area contributed by atoms with Crippen LogP contribution in [0.4, 0.5) is 5.82 Å². The molecule has 1 unspecified atom stereocenters. The van der Waals surface area contributed by atoms with Gasteiger partial charge in [-0.05, 0) is 50.7 Å². The van der Waals surface area contributed by atoms with E-state index in [0.717, 1.165) is 25.7 Å². The van der Waals surface area contributed by atoms with Crippen molar-refractivity contribution in [2.75, 3.05) is 25.5 Å². The largest absolute Gasteiger partial charge is 0.456 e. The highest BCUT2D eigenvalue weighted by molar-refractivity contribution is 5.89. The maximum absolute atomic E-state index is 13.0. The summed E-state index contributed by atoms with van der Waals surface area (Å²) in [7, 11) is 0. The van der Waals surface area contributed by atoms with Crippen molar-refractivity contribution in [2.45, 2.75) is 135 Å². The lowest BCUT2D eigenvalue weighted by Crippen LogP contribution is -2.62. The van der Waals surface area contributed by atoms with E-state index in [9.17, 15) is 19.5 Å². The molecule has 9 atom stereocenters. The zero-order chi connectivity index (χ0) is 39.3. The minimum atomic E-state index is -0.900. The first-order valence-corrected chi connectivity index (χ1v) is 19.6. The first kappa shape index (κ1) is 41.9. The predicted octanol–water partition coefficient (Wildman–Crippen LogP) is 3.83. The number of carbonyl (C=O) groups is 3. The number of benzene rings is 1. The van der Waals surface area contributed by atoms with Gasteiger partial charge < -0.3 is 45.2 Å². The first-order chi connectivity index (χ1) is 26.6. The Kier molecular flexibility index (Phi) is 15.7. The van der Waals surface area contributed by atoms with E-state index in [0.29, 0.717) is 68.6 Å².